The molecule has 5 heteroatoms. The van der Waals surface area contributed by atoms with Crippen molar-refractivity contribution in [3.8, 4) is 5.75 Å². The van der Waals surface area contributed by atoms with Crippen LogP contribution in [0.5, 0.6) is 5.75 Å². The van der Waals surface area contributed by atoms with Crippen LogP contribution >= 0.6 is 11.8 Å². The standard InChI is InChI=1S/C22H24N2O2S/c1-4-14-24-21(25)20(27-22(24)23-18-8-6-5-7-9-18)15-17-10-12-19(13-11-17)26-16(2)3/h5-13,15-16H,4,14H2,1-3H3/b20-15+,23-22?. The van der Waals surface area contributed by atoms with Crippen molar-refractivity contribution >= 4 is 34.6 Å². The van der Waals surface area contributed by atoms with Crippen LogP contribution in [-0.4, -0.2) is 28.6 Å². The zero-order valence-corrected chi connectivity index (χ0v) is 16.7. The molecule has 3 rings (SSSR count). The second-order valence-corrected chi connectivity index (χ2v) is 7.54. The Morgan fingerprint density at radius 2 is 1.81 bits per heavy atom. The van der Waals surface area contributed by atoms with Crippen molar-refractivity contribution in [2.24, 2.45) is 4.99 Å². The lowest BCUT2D eigenvalue weighted by Gasteiger charge is -2.13. The number of aliphatic imine (C=N–C) groups is 1. The number of rotatable bonds is 6. The van der Waals surface area contributed by atoms with E-state index in [1.165, 1.54) is 11.8 Å². The highest BCUT2D eigenvalue weighted by molar-refractivity contribution is 8.18. The van der Waals surface area contributed by atoms with Gasteiger partial charge in [-0.15, -0.1) is 0 Å². The van der Waals surface area contributed by atoms with Gasteiger partial charge in [0, 0.05) is 6.54 Å². The van der Waals surface area contributed by atoms with Gasteiger partial charge in [0.2, 0.25) is 0 Å². The Morgan fingerprint density at radius 3 is 2.44 bits per heavy atom. The average Bonchev–Trinajstić information content (AvgIpc) is 2.93. The Morgan fingerprint density at radius 1 is 1.11 bits per heavy atom. The van der Waals surface area contributed by atoms with Crippen LogP contribution in [0.4, 0.5) is 5.69 Å². The van der Waals surface area contributed by atoms with Crippen LogP contribution in [0.3, 0.4) is 0 Å². The van der Waals surface area contributed by atoms with E-state index in [2.05, 4.69) is 11.9 Å². The lowest BCUT2D eigenvalue weighted by Crippen LogP contribution is -2.29. The summed E-state index contributed by atoms with van der Waals surface area (Å²) in [6, 6.07) is 17.5. The van der Waals surface area contributed by atoms with Crippen molar-refractivity contribution in [1.82, 2.24) is 4.90 Å². The van der Waals surface area contributed by atoms with Crippen molar-refractivity contribution in [1.29, 1.82) is 0 Å². The molecule has 4 nitrogen and oxygen atoms in total. The maximum atomic E-state index is 12.8. The van der Waals surface area contributed by atoms with Crippen LogP contribution < -0.4 is 4.74 Å². The van der Waals surface area contributed by atoms with Gasteiger partial charge in [-0.05, 0) is 67.9 Å². The molecule has 0 saturated carbocycles. The highest BCUT2D eigenvalue weighted by Gasteiger charge is 2.32. The fourth-order valence-electron chi connectivity index (χ4n) is 2.69. The van der Waals surface area contributed by atoms with Crippen molar-refractivity contribution in [3.63, 3.8) is 0 Å². The molecule has 0 aliphatic carbocycles. The number of carbonyl (C=O) groups is 1. The first kappa shape index (κ1) is 19.2. The number of amidine groups is 1. The quantitative estimate of drug-likeness (QED) is 0.623. The van der Waals surface area contributed by atoms with E-state index in [1.54, 1.807) is 4.90 Å². The molecule has 0 spiro atoms. The molecule has 0 radical (unpaired) electrons. The Kier molecular flexibility index (Phi) is 6.35. The smallest absolute Gasteiger partial charge is 0.266 e. The molecular weight excluding hydrogens is 356 g/mol. The summed E-state index contributed by atoms with van der Waals surface area (Å²) in [6.45, 7) is 6.72. The lowest BCUT2D eigenvalue weighted by atomic mass is 10.2. The molecule has 1 saturated heterocycles. The van der Waals surface area contributed by atoms with E-state index in [0.29, 0.717) is 11.4 Å². The van der Waals surface area contributed by atoms with E-state index in [-0.39, 0.29) is 12.0 Å². The number of hydrogen-bond acceptors (Lipinski definition) is 4. The number of amides is 1. The van der Waals surface area contributed by atoms with E-state index >= 15 is 0 Å². The average molecular weight is 381 g/mol. The van der Waals surface area contributed by atoms with Crippen LogP contribution in [-0.2, 0) is 4.79 Å². The third kappa shape index (κ3) is 5.01. The summed E-state index contributed by atoms with van der Waals surface area (Å²) >= 11 is 1.43. The number of benzene rings is 2. The summed E-state index contributed by atoms with van der Waals surface area (Å²) in [4.78, 5) is 20.0. The van der Waals surface area contributed by atoms with Crippen molar-refractivity contribution in [3.05, 3.63) is 65.1 Å². The molecule has 140 valence electrons. The molecule has 1 aliphatic rings. The van der Waals surface area contributed by atoms with E-state index in [9.17, 15) is 4.79 Å². The second kappa shape index (κ2) is 8.91. The zero-order chi connectivity index (χ0) is 19.2. The molecule has 0 aromatic heterocycles. The van der Waals surface area contributed by atoms with Gasteiger partial charge in [-0.1, -0.05) is 37.3 Å². The molecule has 0 unspecified atom stereocenters. The van der Waals surface area contributed by atoms with Crippen LogP contribution in [0.15, 0.2) is 64.5 Å². The number of para-hydroxylation sites is 1. The van der Waals surface area contributed by atoms with Gasteiger partial charge < -0.3 is 4.74 Å². The summed E-state index contributed by atoms with van der Waals surface area (Å²) in [5.41, 5.74) is 1.82. The van der Waals surface area contributed by atoms with Crippen LogP contribution in [0.1, 0.15) is 32.8 Å². The van der Waals surface area contributed by atoms with E-state index in [0.717, 1.165) is 28.6 Å². The number of hydrogen-bond donors (Lipinski definition) is 0. The number of nitrogens with zero attached hydrogens (tertiary/aromatic N) is 2. The van der Waals surface area contributed by atoms with Gasteiger partial charge >= 0.3 is 0 Å². The normalized spacial score (nSPS) is 17.3. The largest absolute Gasteiger partial charge is 0.491 e. The highest BCUT2D eigenvalue weighted by Crippen LogP contribution is 2.34. The Hall–Kier alpha value is -2.53. The van der Waals surface area contributed by atoms with Gasteiger partial charge in [0.1, 0.15) is 5.75 Å². The van der Waals surface area contributed by atoms with Crippen molar-refractivity contribution < 1.29 is 9.53 Å². The van der Waals surface area contributed by atoms with Crippen molar-refractivity contribution in [2.75, 3.05) is 6.54 Å². The van der Waals surface area contributed by atoms with Gasteiger partial charge in [0.15, 0.2) is 5.17 Å². The number of carbonyl (C=O) groups excluding carboxylic acids is 1. The summed E-state index contributed by atoms with van der Waals surface area (Å²) in [5, 5.41) is 0.735. The first-order chi connectivity index (χ1) is 13.1. The lowest BCUT2D eigenvalue weighted by molar-refractivity contribution is -0.122. The summed E-state index contributed by atoms with van der Waals surface area (Å²) < 4.78 is 5.67. The Labute approximate surface area is 164 Å². The minimum Gasteiger partial charge on any atom is -0.491 e. The summed E-state index contributed by atoms with van der Waals surface area (Å²) in [5.74, 6) is 0.843. The molecular formula is C22H24N2O2S. The topological polar surface area (TPSA) is 41.9 Å². The minimum absolute atomic E-state index is 0.0130. The monoisotopic (exact) mass is 380 g/mol. The predicted octanol–water partition coefficient (Wildman–Crippen LogP) is 5.49. The Balaban J connectivity index is 1.84. The van der Waals surface area contributed by atoms with Gasteiger partial charge in [-0.25, -0.2) is 4.99 Å². The number of thioether (sulfide) groups is 1. The van der Waals surface area contributed by atoms with Crippen LogP contribution in [0, 0.1) is 0 Å². The molecule has 2 aromatic rings. The fourth-order valence-corrected chi connectivity index (χ4v) is 3.72. The van der Waals surface area contributed by atoms with Gasteiger partial charge in [-0.2, -0.15) is 0 Å². The van der Waals surface area contributed by atoms with E-state index in [4.69, 9.17) is 4.74 Å². The van der Waals surface area contributed by atoms with Gasteiger partial charge in [-0.3, -0.25) is 9.69 Å². The fraction of sp³-hybridized carbons (Fsp3) is 0.273. The molecule has 2 aromatic carbocycles. The molecule has 1 amide bonds. The van der Waals surface area contributed by atoms with Crippen LogP contribution in [0.2, 0.25) is 0 Å². The van der Waals surface area contributed by atoms with E-state index in [1.807, 2.05) is 74.5 Å². The maximum Gasteiger partial charge on any atom is 0.266 e. The summed E-state index contributed by atoms with van der Waals surface area (Å²) in [7, 11) is 0. The second-order valence-electron chi connectivity index (χ2n) is 6.53. The van der Waals surface area contributed by atoms with E-state index < -0.39 is 0 Å². The molecule has 1 fully saturated rings. The molecule has 1 aliphatic heterocycles. The molecule has 0 bridgehead atoms. The first-order valence-corrected chi connectivity index (χ1v) is 10.0. The number of ether oxygens (including phenoxy) is 1. The third-order valence-electron chi connectivity index (χ3n) is 3.87. The third-order valence-corrected chi connectivity index (χ3v) is 4.87. The van der Waals surface area contributed by atoms with Gasteiger partial charge in [0.25, 0.3) is 5.91 Å². The molecule has 1 heterocycles. The minimum atomic E-state index is 0.0130. The highest BCUT2D eigenvalue weighted by atomic mass is 32.2. The molecule has 0 atom stereocenters. The maximum absolute atomic E-state index is 12.8. The summed E-state index contributed by atoms with van der Waals surface area (Å²) in [6.07, 6.45) is 2.94. The predicted molar refractivity (Wildman–Crippen MR) is 113 cm³/mol. The molecule has 27 heavy (non-hydrogen) atoms. The molecule has 0 N–H and O–H groups in total. The SMILES string of the molecule is CCCN1C(=O)/C(=C\c2ccc(OC(C)C)cc2)SC1=Nc1ccccc1. The zero-order valence-electron chi connectivity index (χ0n) is 15.9. The first-order valence-electron chi connectivity index (χ1n) is 9.18. The van der Waals surface area contributed by atoms with Crippen LogP contribution in [0.25, 0.3) is 6.08 Å². The van der Waals surface area contributed by atoms with Crippen molar-refractivity contribution in [2.45, 2.75) is 33.3 Å². The van der Waals surface area contributed by atoms with Gasteiger partial charge in [0.05, 0.1) is 16.7 Å². The Bertz CT molecular complexity index is 842.